The Labute approximate surface area is 89.9 Å². The van der Waals surface area contributed by atoms with E-state index in [2.05, 4.69) is 0 Å². The fraction of sp³-hybridized carbons (Fsp3) is 0.417. The molecule has 0 saturated heterocycles. The molecule has 0 aromatic heterocycles. The van der Waals surface area contributed by atoms with Gasteiger partial charge in [0, 0.05) is 0 Å². The Bertz CT molecular complexity index is 411. The molecule has 15 heavy (non-hydrogen) atoms. The van der Waals surface area contributed by atoms with Gasteiger partial charge in [-0.05, 0) is 55.5 Å². The molecule has 1 unspecified atom stereocenters. The zero-order valence-corrected chi connectivity index (χ0v) is 9.59. The van der Waals surface area contributed by atoms with Gasteiger partial charge in [0.2, 0.25) is 0 Å². The molecule has 1 aromatic carbocycles. The van der Waals surface area contributed by atoms with Crippen molar-refractivity contribution in [3.05, 3.63) is 33.9 Å². The van der Waals surface area contributed by atoms with Gasteiger partial charge in [0.1, 0.15) is 6.04 Å². The van der Waals surface area contributed by atoms with Crippen LogP contribution in [0.25, 0.3) is 0 Å². The average Bonchev–Trinajstić information content (AvgIpc) is 2.19. The highest BCUT2D eigenvalue weighted by Crippen LogP contribution is 2.24. The van der Waals surface area contributed by atoms with Gasteiger partial charge >= 0.3 is 5.97 Å². The summed E-state index contributed by atoms with van der Waals surface area (Å²) in [6.45, 7) is 7.92. The standard InChI is InChI=1S/C12H17NO2/c1-6-5-10(11(13)12(14)15)9(4)8(3)7(6)2/h5,11H,13H2,1-4H3,(H,14,15). The lowest BCUT2D eigenvalue weighted by Crippen LogP contribution is -2.22. The first kappa shape index (κ1) is 11.7. The van der Waals surface area contributed by atoms with E-state index in [0.717, 1.165) is 16.7 Å². The van der Waals surface area contributed by atoms with Gasteiger partial charge in [0.25, 0.3) is 0 Å². The van der Waals surface area contributed by atoms with Crippen LogP contribution < -0.4 is 5.73 Å². The van der Waals surface area contributed by atoms with E-state index in [1.165, 1.54) is 5.56 Å². The van der Waals surface area contributed by atoms with Crippen LogP contribution in [0.5, 0.6) is 0 Å². The predicted molar refractivity (Wildman–Crippen MR) is 60.0 cm³/mol. The highest BCUT2D eigenvalue weighted by Gasteiger charge is 2.18. The van der Waals surface area contributed by atoms with Gasteiger partial charge in [-0.1, -0.05) is 6.07 Å². The van der Waals surface area contributed by atoms with Gasteiger partial charge in [-0.25, -0.2) is 0 Å². The summed E-state index contributed by atoms with van der Waals surface area (Å²) < 4.78 is 0. The first-order valence-electron chi connectivity index (χ1n) is 4.92. The Hall–Kier alpha value is -1.35. The molecule has 1 rings (SSSR count). The smallest absolute Gasteiger partial charge is 0.325 e. The molecule has 0 heterocycles. The number of nitrogens with two attached hydrogens (primary N) is 1. The van der Waals surface area contributed by atoms with Crippen molar-refractivity contribution >= 4 is 5.97 Å². The summed E-state index contributed by atoms with van der Waals surface area (Å²) in [5.41, 5.74) is 10.7. The molecule has 0 saturated carbocycles. The summed E-state index contributed by atoms with van der Waals surface area (Å²) in [7, 11) is 0. The molecule has 1 aromatic rings. The molecular formula is C12H17NO2. The molecule has 0 radical (unpaired) electrons. The van der Waals surface area contributed by atoms with Crippen LogP contribution in [0.3, 0.4) is 0 Å². The zero-order valence-electron chi connectivity index (χ0n) is 9.59. The monoisotopic (exact) mass is 207 g/mol. The van der Waals surface area contributed by atoms with Crippen LogP contribution >= 0.6 is 0 Å². The van der Waals surface area contributed by atoms with Crippen molar-refractivity contribution in [2.75, 3.05) is 0 Å². The van der Waals surface area contributed by atoms with Crippen LogP contribution in [0, 0.1) is 27.7 Å². The van der Waals surface area contributed by atoms with Gasteiger partial charge in [0.15, 0.2) is 0 Å². The normalized spacial score (nSPS) is 12.6. The van der Waals surface area contributed by atoms with Crippen molar-refractivity contribution < 1.29 is 9.90 Å². The minimum Gasteiger partial charge on any atom is -0.480 e. The molecule has 3 nitrogen and oxygen atoms in total. The number of aryl methyl sites for hydroxylation is 1. The number of carbonyl (C=O) groups is 1. The molecule has 0 aliphatic heterocycles. The maximum absolute atomic E-state index is 10.8. The van der Waals surface area contributed by atoms with E-state index in [1.54, 1.807) is 0 Å². The summed E-state index contributed by atoms with van der Waals surface area (Å²) in [5, 5.41) is 8.89. The van der Waals surface area contributed by atoms with E-state index < -0.39 is 12.0 Å². The molecule has 82 valence electrons. The molecule has 1 atom stereocenters. The maximum Gasteiger partial charge on any atom is 0.325 e. The lowest BCUT2D eigenvalue weighted by atomic mass is 9.91. The molecule has 0 bridgehead atoms. The highest BCUT2D eigenvalue weighted by molar-refractivity contribution is 5.76. The SMILES string of the molecule is Cc1cc(C(N)C(=O)O)c(C)c(C)c1C. The van der Waals surface area contributed by atoms with E-state index in [0.29, 0.717) is 5.56 Å². The second-order valence-corrected chi connectivity index (χ2v) is 3.97. The fourth-order valence-electron chi connectivity index (χ4n) is 1.70. The second kappa shape index (κ2) is 4.03. The van der Waals surface area contributed by atoms with Gasteiger partial charge < -0.3 is 10.8 Å². The lowest BCUT2D eigenvalue weighted by molar-refractivity contribution is -0.138. The van der Waals surface area contributed by atoms with Gasteiger partial charge in [0.05, 0.1) is 0 Å². The maximum atomic E-state index is 10.8. The van der Waals surface area contributed by atoms with Gasteiger partial charge in [-0.2, -0.15) is 0 Å². The number of carboxylic acid groups (broad SMARTS) is 1. The molecule has 3 N–H and O–H groups in total. The van der Waals surface area contributed by atoms with Crippen LogP contribution in [0.4, 0.5) is 0 Å². The van der Waals surface area contributed by atoms with Crippen molar-refractivity contribution in [1.82, 2.24) is 0 Å². The number of hydrogen-bond donors (Lipinski definition) is 2. The summed E-state index contributed by atoms with van der Waals surface area (Å²) >= 11 is 0. The van der Waals surface area contributed by atoms with Gasteiger partial charge in [-0.3, -0.25) is 4.79 Å². The summed E-state index contributed by atoms with van der Waals surface area (Å²) in [5.74, 6) is -0.985. The van der Waals surface area contributed by atoms with Crippen LogP contribution in [-0.2, 0) is 4.79 Å². The van der Waals surface area contributed by atoms with Crippen LogP contribution in [0.2, 0.25) is 0 Å². The average molecular weight is 207 g/mol. The minimum absolute atomic E-state index is 0.711. The third-order valence-electron chi connectivity index (χ3n) is 3.12. The van der Waals surface area contributed by atoms with Crippen molar-refractivity contribution in [2.24, 2.45) is 5.73 Å². The molecule has 0 aliphatic carbocycles. The molecule has 0 aliphatic rings. The number of carboxylic acids is 1. The lowest BCUT2D eigenvalue weighted by Gasteiger charge is -2.16. The third-order valence-corrected chi connectivity index (χ3v) is 3.12. The topological polar surface area (TPSA) is 63.3 Å². The van der Waals surface area contributed by atoms with E-state index >= 15 is 0 Å². The summed E-state index contributed by atoms with van der Waals surface area (Å²) in [6, 6.07) is 0.944. The van der Waals surface area contributed by atoms with Gasteiger partial charge in [-0.15, -0.1) is 0 Å². The van der Waals surface area contributed by atoms with Crippen molar-refractivity contribution in [1.29, 1.82) is 0 Å². The van der Waals surface area contributed by atoms with Crippen molar-refractivity contribution in [2.45, 2.75) is 33.7 Å². The van der Waals surface area contributed by atoms with Crippen molar-refractivity contribution in [3.63, 3.8) is 0 Å². The largest absolute Gasteiger partial charge is 0.480 e. The van der Waals surface area contributed by atoms with E-state index in [9.17, 15) is 4.79 Å². The Kier molecular flexibility index (Phi) is 3.15. The van der Waals surface area contributed by atoms with Crippen molar-refractivity contribution in [3.8, 4) is 0 Å². The van der Waals surface area contributed by atoms with Crippen LogP contribution in [0.15, 0.2) is 6.07 Å². The third kappa shape index (κ3) is 2.02. The minimum atomic E-state index is -0.985. The molecule has 0 spiro atoms. The number of hydrogen-bond acceptors (Lipinski definition) is 2. The molecular weight excluding hydrogens is 190 g/mol. The first-order valence-corrected chi connectivity index (χ1v) is 4.92. The van der Waals surface area contributed by atoms with E-state index in [1.807, 2.05) is 33.8 Å². The molecule has 3 heteroatoms. The second-order valence-electron chi connectivity index (χ2n) is 3.97. The number of aliphatic carboxylic acids is 1. The molecule has 0 amide bonds. The van der Waals surface area contributed by atoms with Crippen LogP contribution in [0.1, 0.15) is 33.9 Å². The summed E-state index contributed by atoms with van der Waals surface area (Å²) in [4.78, 5) is 10.8. The Morgan fingerprint density at radius 1 is 1.20 bits per heavy atom. The Balaban J connectivity index is 3.38. The zero-order chi connectivity index (χ0) is 11.7. The first-order chi connectivity index (χ1) is 6.86. The van der Waals surface area contributed by atoms with Crippen LogP contribution in [-0.4, -0.2) is 11.1 Å². The predicted octanol–water partition coefficient (Wildman–Crippen LogP) is 2.00. The van der Waals surface area contributed by atoms with E-state index in [-0.39, 0.29) is 0 Å². The van der Waals surface area contributed by atoms with E-state index in [4.69, 9.17) is 10.8 Å². The molecule has 0 fully saturated rings. The summed E-state index contributed by atoms with van der Waals surface area (Å²) in [6.07, 6.45) is 0. The fourth-order valence-corrected chi connectivity index (χ4v) is 1.70. The number of benzene rings is 1. The Morgan fingerprint density at radius 3 is 2.20 bits per heavy atom. The highest BCUT2D eigenvalue weighted by atomic mass is 16.4. The number of rotatable bonds is 2. The quantitative estimate of drug-likeness (QED) is 0.779. The Morgan fingerprint density at radius 2 is 1.73 bits per heavy atom.